The Morgan fingerprint density at radius 2 is 1.78 bits per heavy atom. The number of nitrogens with one attached hydrogen (secondary N) is 1. The third-order valence-corrected chi connectivity index (χ3v) is 6.36. The molecular formula is C25H17BrClN3OS. The number of thiocarbonyl (C=S) groups is 1. The number of benzene rings is 3. The number of nitrogens with zero attached hydrogens (tertiary/aromatic N) is 2. The van der Waals surface area contributed by atoms with Gasteiger partial charge in [0, 0.05) is 38.7 Å². The van der Waals surface area contributed by atoms with Crippen LogP contribution in [0.1, 0.15) is 11.1 Å². The van der Waals surface area contributed by atoms with Crippen molar-refractivity contribution < 1.29 is 4.79 Å². The first kappa shape index (κ1) is 20.9. The van der Waals surface area contributed by atoms with Crippen LogP contribution >= 0.6 is 39.7 Å². The number of halogens is 2. The van der Waals surface area contributed by atoms with Gasteiger partial charge in [0.1, 0.15) is 5.70 Å². The van der Waals surface area contributed by atoms with E-state index in [-0.39, 0.29) is 5.91 Å². The molecule has 1 saturated heterocycles. The second kappa shape index (κ2) is 8.54. The Bertz CT molecular complexity index is 1380. The topological polar surface area (TPSA) is 37.3 Å². The van der Waals surface area contributed by atoms with E-state index in [1.165, 1.54) is 4.90 Å². The summed E-state index contributed by atoms with van der Waals surface area (Å²) in [7, 11) is 0. The van der Waals surface area contributed by atoms with Crippen LogP contribution in [0, 0.1) is 0 Å². The molecule has 4 aromatic rings. The molecule has 1 N–H and O–H groups in total. The molecule has 1 amide bonds. The van der Waals surface area contributed by atoms with Gasteiger partial charge in [-0.15, -0.1) is 0 Å². The molecule has 158 valence electrons. The molecule has 32 heavy (non-hydrogen) atoms. The van der Waals surface area contributed by atoms with E-state index in [0.29, 0.717) is 22.4 Å². The molecule has 1 aliphatic heterocycles. The number of rotatable bonds is 4. The second-order valence-corrected chi connectivity index (χ2v) is 9.20. The van der Waals surface area contributed by atoms with Gasteiger partial charge in [0.05, 0.1) is 5.69 Å². The highest BCUT2D eigenvalue weighted by Gasteiger charge is 2.32. The summed E-state index contributed by atoms with van der Waals surface area (Å²) in [5.74, 6) is -0.171. The maximum Gasteiger partial charge on any atom is 0.281 e. The zero-order chi connectivity index (χ0) is 22.2. The van der Waals surface area contributed by atoms with Crippen molar-refractivity contribution in [1.82, 2.24) is 9.88 Å². The maximum atomic E-state index is 13.1. The molecular weight excluding hydrogens is 506 g/mol. The molecule has 1 aromatic heterocycles. The van der Waals surface area contributed by atoms with Gasteiger partial charge < -0.3 is 9.88 Å². The van der Waals surface area contributed by atoms with Crippen molar-refractivity contribution in [2.75, 3.05) is 4.90 Å². The SMILES string of the molecule is O=C1/C(=C/c2cn(Cc3ccc(Cl)cc3)c3ccc(Br)cc23)NC(=S)N1c1ccccc1. The summed E-state index contributed by atoms with van der Waals surface area (Å²) >= 11 is 15.0. The van der Waals surface area contributed by atoms with E-state index >= 15 is 0 Å². The minimum Gasteiger partial charge on any atom is -0.342 e. The highest BCUT2D eigenvalue weighted by Crippen LogP contribution is 2.29. The molecule has 0 atom stereocenters. The largest absolute Gasteiger partial charge is 0.342 e. The van der Waals surface area contributed by atoms with Crippen LogP contribution in [0.5, 0.6) is 0 Å². The molecule has 4 nitrogen and oxygen atoms in total. The number of hydrogen-bond acceptors (Lipinski definition) is 2. The highest BCUT2D eigenvalue weighted by atomic mass is 79.9. The fourth-order valence-corrected chi connectivity index (χ4v) is 4.62. The van der Waals surface area contributed by atoms with E-state index in [1.807, 2.05) is 66.7 Å². The first-order valence-electron chi connectivity index (χ1n) is 9.94. The molecule has 0 spiro atoms. The molecule has 2 heterocycles. The minimum absolute atomic E-state index is 0.171. The Morgan fingerprint density at radius 1 is 1.03 bits per heavy atom. The van der Waals surface area contributed by atoms with Crippen molar-refractivity contribution in [3.63, 3.8) is 0 Å². The zero-order valence-electron chi connectivity index (χ0n) is 16.8. The summed E-state index contributed by atoms with van der Waals surface area (Å²) in [4.78, 5) is 14.7. The average Bonchev–Trinajstić information content (AvgIpc) is 3.26. The summed E-state index contributed by atoms with van der Waals surface area (Å²) in [5.41, 5.74) is 4.34. The van der Waals surface area contributed by atoms with Crippen LogP contribution in [-0.4, -0.2) is 15.6 Å². The number of carbonyl (C=O) groups excluding carboxylic acids is 1. The van der Waals surface area contributed by atoms with Gasteiger partial charge in [0.2, 0.25) is 0 Å². The van der Waals surface area contributed by atoms with Crippen LogP contribution in [0.15, 0.2) is 89.2 Å². The maximum absolute atomic E-state index is 13.1. The van der Waals surface area contributed by atoms with Gasteiger partial charge >= 0.3 is 0 Å². The molecule has 3 aromatic carbocycles. The van der Waals surface area contributed by atoms with Gasteiger partial charge in [0.25, 0.3) is 5.91 Å². The minimum atomic E-state index is -0.171. The number of hydrogen-bond donors (Lipinski definition) is 1. The van der Waals surface area contributed by atoms with Crippen molar-refractivity contribution in [3.8, 4) is 0 Å². The number of carbonyl (C=O) groups is 1. The Hall–Kier alpha value is -2.93. The summed E-state index contributed by atoms with van der Waals surface area (Å²) in [6, 6.07) is 23.4. The quantitative estimate of drug-likeness (QED) is 0.250. The van der Waals surface area contributed by atoms with E-state index < -0.39 is 0 Å². The second-order valence-electron chi connectivity index (χ2n) is 7.46. The monoisotopic (exact) mass is 521 g/mol. The Morgan fingerprint density at radius 3 is 2.53 bits per heavy atom. The van der Waals surface area contributed by atoms with Crippen molar-refractivity contribution >= 4 is 73.4 Å². The fraction of sp³-hybridized carbons (Fsp3) is 0.0400. The van der Waals surface area contributed by atoms with Crippen LogP contribution in [0.2, 0.25) is 5.02 Å². The normalized spacial score (nSPS) is 15.1. The standard InChI is InChI=1S/C25H17BrClN3OS/c26-18-8-11-23-21(13-18)17(15-29(23)14-16-6-9-19(27)10-7-16)12-22-24(31)30(25(32)28-22)20-4-2-1-3-5-20/h1-13,15H,14H2,(H,28,32)/b22-12-. The molecule has 5 rings (SSSR count). The summed E-state index contributed by atoms with van der Waals surface area (Å²) in [5, 5.41) is 5.21. The molecule has 0 unspecified atom stereocenters. The lowest BCUT2D eigenvalue weighted by Gasteiger charge is -2.13. The number of anilines is 1. The number of amides is 1. The van der Waals surface area contributed by atoms with Crippen LogP contribution in [0.25, 0.3) is 17.0 Å². The number of para-hydroxylation sites is 1. The number of fused-ring (bicyclic) bond motifs is 1. The predicted octanol–water partition coefficient (Wildman–Crippen LogP) is 6.37. The van der Waals surface area contributed by atoms with Crippen LogP contribution in [-0.2, 0) is 11.3 Å². The van der Waals surface area contributed by atoms with Gasteiger partial charge in [0.15, 0.2) is 5.11 Å². The Labute approximate surface area is 204 Å². The molecule has 0 radical (unpaired) electrons. The van der Waals surface area contributed by atoms with E-state index in [9.17, 15) is 4.79 Å². The first-order chi connectivity index (χ1) is 15.5. The predicted molar refractivity (Wildman–Crippen MR) is 138 cm³/mol. The Kier molecular flexibility index (Phi) is 5.59. The van der Waals surface area contributed by atoms with Gasteiger partial charge in [-0.3, -0.25) is 9.69 Å². The Balaban J connectivity index is 1.55. The van der Waals surface area contributed by atoms with Crippen molar-refractivity contribution in [1.29, 1.82) is 0 Å². The van der Waals surface area contributed by atoms with Crippen LogP contribution < -0.4 is 10.2 Å². The molecule has 0 bridgehead atoms. The van der Waals surface area contributed by atoms with E-state index in [2.05, 4.69) is 44.1 Å². The fourth-order valence-electron chi connectivity index (χ4n) is 3.83. The van der Waals surface area contributed by atoms with Crippen molar-refractivity contribution in [3.05, 3.63) is 105 Å². The van der Waals surface area contributed by atoms with Crippen molar-refractivity contribution in [2.45, 2.75) is 6.54 Å². The van der Waals surface area contributed by atoms with Gasteiger partial charge in [-0.25, -0.2) is 0 Å². The molecule has 7 heteroatoms. The van der Waals surface area contributed by atoms with Crippen LogP contribution in [0.4, 0.5) is 5.69 Å². The first-order valence-corrected chi connectivity index (χ1v) is 11.5. The third kappa shape index (κ3) is 3.97. The molecule has 1 aliphatic rings. The lowest BCUT2D eigenvalue weighted by molar-refractivity contribution is -0.113. The van der Waals surface area contributed by atoms with E-state index in [1.54, 1.807) is 0 Å². The molecule has 1 fully saturated rings. The molecule has 0 saturated carbocycles. The van der Waals surface area contributed by atoms with Gasteiger partial charge in [-0.1, -0.05) is 57.9 Å². The zero-order valence-corrected chi connectivity index (χ0v) is 19.9. The summed E-state index contributed by atoms with van der Waals surface area (Å²) < 4.78 is 3.14. The van der Waals surface area contributed by atoms with Gasteiger partial charge in [-0.05, 0) is 66.3 Å². The number of aromatic nitrogens is 1. The van der Waals surface area contributed by atoms with E-state index in [0.717, 1.165) is 32.2 Å². The lowest BCUT2D eigenvalue weighted by atomic mass is 10.1. The molecule has 0 aliphatic carbocycles. The third-order valence-electron chi connectivity index (χ3n) is 5.33. The average molecular weight is 523 g/mol. The van der Waals surface area contributed by atoms with E-state index in [4.69, 9.17) is 23.8 Å². The highest BCUT2D eigenvalue weighted by molar-refractivity contribution is 9.10. The smallest absolute Gasteiger partial charge is 0.281 e. The van der Waals surface area contributed by atoms with Crippen LogP contribution in [0.3, 0.4) is 0 Å². The van der Waals surface area contributed by atoms with Crippen molar-refractivity contribution in [2.24, 2.45) is 0 Å². The summed E-state index contributed by atoms with van der Waals surface area (Å²) in [6.45, 7) is 0.689. The lowest BCUT2D eigenvalue weighted by Crippen LogP contribution is -2.30. The summed E-state index contributed by atoms with van der Waals surface area (Å²) in [6.07, 6.45) is 3.92. The van der Waals surface area contributed by atoms with Gasteiger partial charge in [-0.2, -0.15) is 0 Å².